The highest BCUT2D eigenvalue weighted by Gasteiger charge is 2.10. The molecule has 1 heterocycles. The smallest absolute Gasteiger partial charge is 0.251 e. The molecule has 1 aromatic carbocycles. The van der Waals surface area contributed by atoms with Crippen LogP contribution in [0.4, 0.5) is 0 Å². The Morgan fingerprint density at radius 2 is 2.28 bits per heavy atom. The summed E-state index contributed by atoms with van der Waals surface area (Å²) in [5, 5.41) is 13.5. The number of carbonyl (C=O) groups is 1. The number of rotatable bonds is 3. The second-order valence-corrected chi connectivity index (χ2v) is 4.78. The molecule has 0 unspecified atom stereocenters. The number of aromatic nitrogens is 2. The Bertz CT molecular complexity index is 593. The molecule has 1 atom stereocenters. The Kier molecular flexibility index (Phi) is 3.49. The lowest BCUT2D eigenvalue weighted by Crippen LogP contribution is -2.09. The SMILES string of the molecule is C[C@@H](O)c1ccc(-n2cc(C(N)=O)cn2)c(Br)c1. The van der Waals surface area contributed by atoms with Crippen molar-refractivity contribution in [3.05, 3.63) is 46.2 Å². The number of primary amides is 1. The summed E-state index contributed by atoms with van der Waals surface area (Å²) in [5.41, 5.74) is 7.09. The summed E-state index contributed by atoms with van der Waals surface area (Å²) < 4.78 is 2.33. The van der Waals surface area contributed by atoms with Crippen LogP contribution in [-0.2, 0) is 0 Å². The van der Waals surface area contributed by atoms with E-state index in [1.807, 2.05) is 12.1 Å². The monoisotopic (exact) mass is 309 g/mol. The highest BCUT2D eigenvalue weighted by atomic mass is 79.9. The van der Waals surface area contributed by atoms with Crippen molar-refractivity contribution in [1.29, 1.82) is 0 Å². The van der Waals surface area contributed by atoms with Crippen molar-refractivity contribution >= 4 is 21.8 Å². The maximum atomic E-state index is 11.0. The third-order valence-electron chi connectivity index (χ3n) is 2.57. The first kappa shape index (κ1) is 12.8. The molecule has 3 N–H and O–H groups in total. The molecule has 0 aliphatic rings. The highest BCUT2D eigenvalue weighted by Crippen LogP contribution is 2.25. The van der Waals surface area contributed by atoms with Crippen molar-refractivity contribution in [2.45, 2.75) is 13.0 Å². The zero-order valence-corrected chi connectivity index (χ0v) is 11.3. The van der Waals surface area contributed by atoms with E-state index in [9.17, 15) is 9.90 Å². The third-order valence-corrected chi connectivity index (χ3v) is 3.20. The molecule has 2 rings (SSSR count). The lowest BCUT2D eigenvalue weighted by Gasteiger charge is -2.09. The molecule has 0 radical (unpaired) electrons. The lowest BCUT2D eigenvalue weighted by atomic mass is 10.1. The summed E-state index contributed by atoms with van der Waals surface area (Å²) >= 11 is 3.41. The van der Waals surface area contributed by atoms with Gasteiger partial charge in [0.15, 0.2) is 0 Å². The predicted molar refractivity (Wildman–Crippen MR) is 70.4 cm³/mol. The van der Waals surface area contributed by atoms with Gasteiger partial charge in [-0.2, -0.15) is 5.10 Å². The normalized spacial score (nSPS) is 12.4. The van der Waals surface area contributed by atoms with Gasteiger partial charge >= 0.3 is 0 Å². The lowest BCUT2D eigenvalue weighted by molar-refractivity contribution is 0.100. The molecule has 0 fully saturated rings. The Morgan fingerprint density at radius 1 is 1.56 bits per heavy atom. The standard InChI is InChI=1S/C12H12BrN3O2/c1-7(17)8-2-3-11(10(13)4-8)16-6-9(5-15-16)12(14)18/h2-7,17H,1H3,(H2,14,18)/t7-/m1/s1. The van der Waals surface area contributed by atoms with E-state index in [4.69, 9.17) is 5.73 Å². The number of nitrogens with zero attached hydrogens (tertiary/aromatic N) is 2. The summed E-state index contributed by atoms with van der Waals surface area (Å²) in [4.78, 5) is 11.0. The predicted octanol–water partition coefficient (Wildman–Crippen LogP) is 1.79. The third kappa shape index (κ3) is 2.44. The Labute approximate surface area is 112 Å². The van der Waals surface area contributed by atoms with Crippen molar-refractivity contribution < 1.29 is 9.90 Å². The Balaban J connectivity index is 2.41. The number of benzene rings is 1. The molecule has 0 aliphatic heterocycles. The Hall–Kier alpha value is -1.66. The number of aliphatic hydroxyl groups excluding tert-OH is 1. The fourth-order valence-corrected chi connectivity index (χ4v) is 2.13. The van der Waals surface area contributed by atoms with Gasteiger partial charge in [0.1, 0.15) is 0 Å². The maximum absolute atomic E-state index is 11.0. The van der Waals surface area contributed by atoms with E-state index in [0.717, 1.165) is 15.7 Å². The molecule has 1 amide bonds. The molecule has 0 saturated heterocycles. The minimum Gasteiger partial charge on any atom is -0.389 e. The molecule has 0 spiro atoms. The van der Waals surface area contributed by atoms with Crippen molar-refractivity contribution in [3.8, 4) is 5.69 Å². The molecule has 1 aromatic heterocycles. The second kappa shape index (κ2) is 4.91. The largest absolute Gasteiger partial charge is 0.389 e. The number of nitrogens with two attached hydrogens (primary N) is 1. The van der Waals surface area contributed by atoms with Crippen LogP contribution in [0.1, 0.15) is 28.9 Å². The second-order valence-electron chi connectivity index (χ2n) is 3.92. The summed E-state index contributed by atoms with van der Waals surface area (Å²) in [6.07, 6.45) is 2.44. The highest BCUT2D eigenvalue weighted by molar-refractivity contribution is 9.10. The van der Waals surface area contributed by atoms with Crippen LogP contribution in [-0.4, -0.2) is 20.8 Å². The van der Waals surface area contributed by atoms with Gasteiger partial charge in [-0.3, -0.25) is 4.79 Å². The Morgan fingerprint density at radius 3 is 2.78 bits per heavy atom. The average molecular weight is 310 g/mol. The number of carbonyl (C=O) groups excluding carboxylic acids is 1. The van der Waals surface area contributed by atoms with Gasteiger partial charge < -0.3 is 10.8 Å². The number of hydrogen-bond acceptors (Lipinski definition) is 3. The van der Waals surface area contributed by atoms with E-state index in [0.29, 0.717) is 5.56 Å². The van der Waals surface area contributed by atoms with E-state index in [-0.39, 0.29) is 0 Å². The number of amides is 1. The number of aliphatic hydroxyl groups is 1. The van der Waals surface area contributed by atoms with Gasteiger partial charge in [0.25, 0.3) is 5.91 Å². The van der Waals surface area contributed by atoms with Crippen molar-refractivity contribution in [2.24, 2.45) is 5.73 Å². The molecule has 5 nitrogen and oxygen atoms in total. The van der Waals surface area contributed by atoms with Crippen molar-refractivity contribution in [3.63, 3.8) is 0 Å². The topological polar surface area (TPSA) is 81.1 Å². The first-order valence-corrected chi connectivity index (χ1v) is 6.10. The fraction of sp³-hybridized carbons (Fsp3) is 0.167. The zero-order valence-electron chi connectivity index (χ0n) is 9.67. The van der Waals surface area contributed by atoms with Crippen LogP contribution in [0.5, 0.6) is 0 Å². The van der Waals surface area contributed by atoms with Crippen molar-refractivity contribution in [1.82, 2.24) is 9.78 Å². The summed E-state index contributed by atoms with van der Waals surface area (Å²) in [5.74, 6) is -0.516. The molecule has 94 valence electrons. The van der Waals surface area contributed by atoms with Gasteiger partial charge in [-0.15, -0.1) is 0 Å². The summed E-state index contributed by atoms with van der Waals surface area (Å²) in [6.45, 7) is 1.69. The van der Waals surface area contributed by atoms with E-state index in [1.165, 1.54) is 6.20 Å². The molecule has 6 heteroatoms. The van der Waals surface area contributed by atoms with E-state index >= 15 is 0 Å². The molecule has 0 bridgehead atoms. The fourth-order valence-electron chi connectivity index (χ4n) is 1.55. The minimum absolute atomic E-state index is 0.349. The quantitative estimate of drug-likeness (QED) is 0.907. The van der Waals surface area contributed by atoms with Gasteiger partial charge in [0.2, 0.25) is 0 Å². The first-order chi connectivity index (χ1) is 8.49. The molecule has 0 saturated carbocycles. The maximum Gasteiger partial charge on any atom is 0.251 e. The zero-order chi connectivity index (χ0) is 13.3. The van der Waals surface area contributed by atoms with E-state index < -0.39 is 12.0 Å². The average Bonchev–Trinajstić information content (AvgIpc) is 2.78. The van der Waals surface area contributed by atoms with Crippen LogP contribution in [0.15, 0.2) is 35.1 Å². The van der Waals surface area contributed by atoms with E-state index in [1.54, 1.807) is 23.9 Å². The van der Waals surface area contributed by atoms with Crippen LogP contribution in [0.2, 0.25) is 0 Å². The van der Waals surface area contributed by atoms with Crippen LogP contribution in [0, 0.1) is 0 Å². The van der Waals surface area contributed by atoms with Gasteiger partial charge in [-0.05, 0) is 40.5 Å². The van der Waals surface area contributed by atoms with Crippen LogP contribution in [0.25, 0.3) is 5.69 Å². The number of hydrogen-bond donors (Lipinski definition) is 2. The molecule has 2 aromatic rings. The minimum atomic E-state index is -0.533. The van der Waals surface area contributed by atoms with E-state index in [2.05, 4.69) is 21.0 Å². The van der Waals surface area contributed by atoms with Crippen LogP contribution >= 0.6 is 15.9 Å². The van der Waals surface area contributed by atoms with Crippen LogP contribution < -0.4 is 5.73 Å². The van der Waals surface area contributed by atoms with Crippen LogP contribution in [0.3, 0.4) is 0 Å². The van der Waals surface area contributed by atoms with Crippen molar-refractivity contribution in [2.75, 3.05) is 0 Å². The summed E-state index contributed by atoms with van der Waals surface area (Å²) in [7, 11) is 0. The number of halogens is 1. The van der Waals surface area contributed by atoms with Gasteiger partial charge in [0.05, 0.1) is 23.6 Å². The first-order valence-electron chi connectivity index (χ1n) is 5.31. The van der Waals surface area contributed by atoms with Gasteiger partial charge in [-0.25, -0.2) is 4.68 Å². The molecular formula is C12H12BrN3O2. The molecule has 0 aliphatic carbocycles. The summed E-state index contributed by atoms with van der Waals surface area (Å²) in [6, 6.07) is 5.42. The van der Waals surface area contributed by atoms with Gasteiger partial charge in [-0.1, -0.05) is 6.07 Å². The molecular weight excluding hydrogens is 298 g/mol. The van der Waals surface area contributed by atoms with Gasteiger partial charge in [0, 0.05) is 10.7 Å². The molecule has 18 heavy (non-hydrogen) atoms.